The summed E-state index contributed by atoms with van der Waals surface area (Å²) in [6.45, 7) is 3.61. The first-order valence-electron chi connectivity index (χ1n) is 20.6. The van der Waals surface area contributed by atoms with E-state index in [1.165, 1.54) is 47.9 Å². The lowest BCUT2D eigenvalue weighted by atomic mass is 9.42. The highest BCUT2D eigenvalue weighted by Gasteiger charge is 2.58. The Bertz CT molecular complexity index is 3050. The van der Waals surface area contributed by atoms with E-state index in [0.717, 1.165) is 43.7 Å². The van der Waals surface area contributed by atoms with Crippen molar-refractivity contribution in [2.45, 2.75) is 92.6 Å². The summed E-state index contributed by atoms with van der Waals surface area (Å²) >= 11 is 0.590. The van der Waals surface area contributed by atoms with E-state index in [-0.39, 0.29) is 36.2 Å². The minimum Gasteiger partial charge on any atom is -0.457 e. The van der Waals surface area contributed by atoms with Gasteiger partial charge in [0.1, 0.15) is 27.9 Å². The fourth-order valence-corrected chi connectivity index (χ4v) is 14.3. The monoisotopic (exact) mass is 940 g/mol. The molecule has 0 aromatic heterocycles. The second-order valence-corrected chi connectivity index (χ2v) is 23.3. The average Bonchev–Trinajstić information content (AvgIpc) is 3.26. The van der Waals surface area contributed by atoms with Gasteiger partial charge in [0.2, 0.25) is 19.7 Å². The molecule has 16 heteroatoms. The minimum atomic E-state index is -4.94. The molecule has 332 valence electrons. The van der Waals surface area contributed by atoms with Crippen LogP contribution in [0, 0.1) is 25.7 Å². The lowest BCUT2D eigenvalue weighted by Gasteiger charge is -2.62. The molecular formula is C48H44O12S4. The SMILES string of the molecule is Cc1ccc(S(=O)(=O)c2ccc(Oc3ccc(C45CC6CC(C4)CC(c4ccc(Oc7ccc(S(=O)(=O)c8ccc(C)c(SOOO)c8)cc7S(=O)(=O)O)cc4)(C6)C5)cc3)cc2)cc1. The number of sulfone groups is 2. The zero-order chi connectivity index (χ0) is 45.1. The van der Waals surface area contributed by atoms with Crippen LogP contribution < -0.4 is 9.47 Å². The van der Waals surface area contributed by atoms with Crippen molar-refractivity contribution in [2.24, 2.45) is 11.8 Å². The predicted molar refractivity (Wildman–Crippen MR) is 238 cm³/mol. The first-order valence-corrected chi connectivity index (χ1v) is 25.7. The highest BCUT2D eigenvalue weighted by Crippen LogP contribution is 2.66. The van der Waals surface area contributed by atoms with Crippen molar-refractivity contribution in [3.8, 4) is 23.0 Å². The minimum absolute atomic E-state index is 0.0170. The molecule has 64 heavy (non-hydrogen) atoms. The van der Waals surface area contributed by atoms with Crippen LogP contribution >= 0.6 is 12.0 Å². The zero-order valence-corrected chi connectivity index (χ0v) is 38.0. The lowest BCUT2D eigenvalue weighted by Crippen LogP contribution is -2.55. The standard InChI is InChI=1S/C48H44O12S4/c1-31-3-16-40(17-4-31)62(50,51)41-19-14-38(15-20-41)57-37-10-6-35(7-11-37)47-26-33-23-34(27-47)29-48(28-33,30-47)36-8-12-39(13-9-36)58-44-22-21-43(25-46(44)64(54,55)56)63(52,53)42-18-5-32(2)45(24-42)61-60-59-49/h3-22,24-25,33-34,49H,23,26-30H2,1-2H3,(H,54,55,56). The smallest absolute Gasteiger partial charge is 0.298 e. The van der Waals surface area contributed by atoms with Crippen LogP contribution in [0.15, 0.2) is 163 Å². The van der Waals surface area contributed by atoms with Gasteiger partial charge >= 0.3 is 0 Å². The summed E-state index contributed by atoms with van der Waals surface area (Å²) in [4.78, 5) is -0.515. The van der Waals surface area contributed by atoms with E-state index in [4.69, 9.17) is 14.7 Å². The van der Waals surface area contributed by atoms with E-state index in [2.05, 4.69) is 21.5 Å². The highest BCUT2D eigenvalue weighted by molar-refractivity contribution is 7.94. The molecule has 0 spiro atoms. The molecule has 0 amide bonds. The predicted octanol–water partition coefficient (Wildman–Crippen LogP) is 11.0. The largest absolute Gasteiger partial charge is 0.457 e. The van der Waals surface area contributed by atoms with Crippen molar-refractivity contribution in [1.82, 2.24) is 0 Å². The fourth-order valence-electron chi connectivity index (χ4n) is 10.5. The van der Waals surface area contributed by atoms with Crippen molar-refractivity contribution >= 4 is 41.8 Å². The van der Waals surface area contributed by atoms with Gasteiger partial charge in [-0.2, -0.15) is 8.42 Å². The molecule has 0 saturated heterocycles. The van der Waals surface area contributed by atoms with Gasteiger partial charge in [0, 0.05) is 4.90 Å². The van der Waals surface area contributed by atoms with Crippen LogP contribution in [0.4, 0.5) is 0 Å². The van der Waals surface area contributed by atoms with Gasteiger partial charge in [-0.05, 0) is 183 Å². The van der Waals surface area contributed by atoms with Gasteiger partial charge in [0.25, 0.3) is 10.1 Å². The Morgan fingerprint density at radius 3 is 1.55 bits per heavy atom. The number of aryl methyl sites for hydroxylation is 2. The maximum atomic E-state index is 13.6. The van der Waals surface area contributed by atoms with Crippen LogP contribution in [0.3, 0.4) is 0 Å². The third-order valence-corrected chi connectivity index (χ3v) is 18.2. The Kier molecular flexibility index (Phi) is 11.6. The topological polar surface area (TPSA) is 180 Å². The number of rotatable bonds is 14. The van der Waals surface area contributed by atoms with Crippen molar-refractivity contribution in [3.63, 3.8) is 0 Å². The molecule has 0 radical (unpaired) electrons. The van der Waals surface area contributed by atoms with E-state index in [1.54, 1.807) is 67.6 Å². The third kappa shape index (κ3) is 8.49. The number of hydrogen-bond acceptors (Lipinski definition) is 12. The summed E-state index contributed by atoms with van der Waals surface area (Å²) in [6.07, 6.45) is 6.50. The number of ether oxygens (including phenoxy) is 2. The summed E-state index contributed by atoms with van der Waals surface area (Å²) in [7, 11) is -12.9. The Morgan fingerprint density at radius 2 is 1.02 bits per heavy atom. The van der Waals surface area contributed by atoms with Gasteiger partial charge in [0.05, 0.1) is 31.6 Å². The first kappa shape index (κ1) is 44.2. The number of hydrogen-bond donors (Lipinski definition) is 2. The van der Waals surface area contributed by atoms with Crippen LogP contribution in [0.1, 0.15) is 60.8 Å². The molecule has 2 N–H and O–H groups in total. The molecule has 4 fully saturated rings. The van der Waals surface area contributed by atoms with Crippen LogP contribution in [0.2, 0.25) is 0 Å². The summed E-state index contributed by atoms with van der Waals surface area (Å²) in [5.74, 6) is 2.37. The summed E-state index contributed by atoms with van der Waals surface area (Å²) in [5.41, 5.74) is 3.97. The van der Waals surface area contributed by atoms with Crippen LogP contribution in [-0.2, 0) is 50.0 Å². The van der Waals surface area contributed by atoms with Gasteiger partial charge in [-0.3, -0.25) is 4.55 Å². The molecule has 2 unspecified atom stereocenters. The second-order valence-electron chi connectivity index (χ2n) is 17.3. The maximum absolute atomic E-state index is 13.6. The van der Waals surface area contributed by atoms with Crippen LogP contribution in [-0.4, -0.2) is 35.1 Å². The Balaban J connectivity index is 0.911. The van der Waals surface area contributed by atoms with Crippen molar-refractivity contribution < 1.29 is 53.9 Å². The molecule has 4 aliphatic carbocycles. The Labute approximate surface area is 376 Å². The molecule has 2 atom stereocenters. The summed E-state index contributed by atoms with van der Waals surface area (Å²) < 4.78 is 106. The van der Waals surface area contributed by atoms with Gasteiger partial charge in [-0.25, -0.2) is 22.1 Å². The van der Waals surface area contributed by atoms with E-state index in [0.29, 0.717) is 51.6 Å². The molecule has 0 heterocycles. The lowest BCUT2D eigenvalue weighted by molar-refractivity contribution is -0.432. The van der Waals surface area contributed by atoms with E-state index in [1.807, 2.05) is 31.2 Å². The van der Waals surface area contributed by atoms with Crippen LogP contribution in [0.25, 0.3) is 0 Å². The van der Waals surface area contributed by atoms with E-state index < -0.39 is 34.7 Å². The Hall–Kier alpha value is -5.04. The van der Waals surface area contributed by atoms with Gasteiger partial charge < -0.3 is 9.47 Å². The van der Waals surface area contributed by atoms with Crippen molar-refractivity contribution in [3.05, 3.63) is 156 Å². The number of benzene rings is 6. The normalized spacial score (nSPS) is 21.8. The molecule has 6 aromatic carbocycles. The van der Waals surface area contributed by atoms with Crippen molar-refractivity contribution in [2.75, 3.05) is 0 Å². The second kappa shape index (κ2) is 16.7. The first-order chi connectivity index (χ1) is 30.5. The molecule has 4 bridgehead atoms. The average molecular weight is 941 g/mol. The van der Waals surface area contributed by atoms with Crippen molar-refractivity contribution in [1.29, 1.82) is 0 Å². The summed E-state index contributed by atoms with van der Waals surface area (Å²) in [5, 5.41) is 12.2. The molecular weight excluding hydrogens is 897 g/mol. The summed E-state index contributed by atoms with van der Waals surface area (Å²) in [6, 6.07) is 36.6. The quantitative estimate of drug-likeness (QED) is 0.0456. The zero-order valence-electron chi connectivity index (χ0n) is 34.7. The van der Waals surface area contributed by atoms with E-state index >= 15 is 0 Å². The van der Waals surface area contributed by atoms with Gasteiger partial charge in [-0.1, -0.05) is 53.1 Å². The molecule has 4 saturated carbocycles. The molecule has 12 nitrogen and oxygen atoms in total. The Morgan fingerprint density at radius 1 is 0.562 bits per heavy atom. The molecule has 6 aromatic rings. The maximum Gasteiger partial charge on any atom is 0.298 e. The molecule has 4 aliphatic rings. The third-order valence-electron chi connectivity index (χ3n) is 13.1. The van der Waals surface area contributed by atoms with Gasteiger partial charge in [0.15, 0.2) is 0 Å². The highest BCUT2D eigenvalue weighted by atomic mass is 32.2. The van der Waals surface area contributed by atoms with Crippen LogP contribution in [0.5, 0.6) is 23.0 Å². The van der Waals surface area contributed by atoms with E-state index in [9.17, 15) is 29.8 Å². The fraction of sp³-hybridized carbons (Fsp3) is 0.250. The van der Waals surface area contributed by atoms with Gasteiger partial charge in [-0.15, -0.1) is 4.33 Å². The molecule has 10 rings (SSSR count). The molecule has 0 aliphatic heterocycles.